The minimum Gasteiger partial charge on any atom is -0.493 e. The van der Waals surface area contributed by atoms with Crippen molar-refractivity contribution in [3.8, 4) is 11.5 Å². The van der Waals surface area contributed by atoms with Gasteiger partial charge in [0, 0.05) is 26.7 Å². The first-order valence-electron chi connectivity index (χ1n) is 9.18. The van der Waals surface area contributed by atoms with Crippen molar-refractivity contribution in [3.63, 3.8) is 0 Å². The van der Waals surface area contributed by atoms with Crippen molar-refractivity contribution in [2.24, 2.45) is 4.99 Å². The van der Waals surface area contributed by atoms with Crippen molar-refractivity contribution in [2.75, 3.05) is 27.2 Å². The summed E-state index contributed by atoms with van der Waals surface area (Å²) in [6.07, 6.45) is -0.344. The number of alkyl halides is 2. The van der Waals surface area contributed by atoms with E-state index in [2.05, 4.69) is 20.4 Å². The highest BCUT2D eigenvalue weighted by molar-refractivity contribution is 5.80. The molecule has 1 heterocycles. The summed E-state index contributed by atoms with van der Waals surface area (Å²) in [7, 11) is 3.01. The largest absolute Gasteiger partial charge is 0.493 e. The van der Waals surface area contributed by atoms with Gasteiger partial charge in [0.2, 0.25) is 0 Å². The fourth-order valence-electron chi connectivity index (χ4n) is 2.64. The lowest BCUT2D eigenvalue weighted by molar-refractivity contribution is -0.0512. The average Bonchev–Trinajstić information content (AvgIpc) is 2.58. The van der Waals surface area contributed by atoms with Gasteiger partial charge in [0.05, 0.1) is 13.2 Å². The Bertz CT molecular complexity index is 731. The summed E-state index contributed by atoms with van der Waals surface area (Å²) >= 11 is 0. The highest BCUT2D eigenvalue weighted by atomic mass is 19.3. The first kappa shape index (κ1) is 22.5. The maximum Gasteiger partial charge on any atom is 0.410 e. The van der Waals surface area contributed by atoms with Crippen LogP contribution in [0.1, 0.15) is 26.3 Å². The van der Waals surface area contributed by atoms with E-state index < -0.39 is 12.2 Å². The zero-order valence-electron chi connectivity index (χ0n) is 17.3. The van der Waals surface area contributed by atoms with Crippen LogP contribution in [0.5, 0.6) is 11.5 Å². The molecule has 0 aromatic heterocycles. The Labute approximate surface area is 169 Å². The number of hydrogen-bond acceptors (Lipinski definition) is 5. The molecule has 0 atom stereocenters. The first-order chi connectivity index (χ1) is 13.6. The van der Waals surface area contributed by atoms with E-state index in [1.54, 1.807) is 24.1 Å². The second kappa shape index (κ2) is 9.62. The van der Waals surface area contributed by atoms with Crippen LogP contribution in [0.2, 0.25) is 0 Å². The number of halogens is 2. The molecule has 1 aliphatic rings. The number of nitrogens with one attached hydrogen (secondary N) is 2. The Kier molecular flexibility index (Phi) is 7.46. The second-order valence-electron chi connectivity index (χ2n) is 7.52. The number of aliphatic imine (C=N–C) groups is 1. The normalized spacial score (nSPS) is 15.0. The monoisotopic (exact) mass is 414 g/mol. The topological polar surface area (TPSA) is 84.4 Å². The van der Waals surface area contributed by atoms with E-state index in [-0.39, 0.29) is 23.6 Å². The SMILES string of the molecule is CN=C(NCc1ccc(OC)c(OC(F)F)c1)NC1CN(C(=O)OC(C)(C)C)C1. The molecule has 29 heavy (non-hydrogen) atoms. The van der Waals surface area contributed by atoms with Gasteiger partial charge < -0.3 is 29.7 Å². The summed E-state index contributed by atoms with van der Waals surface area (Å²) in [4.78, 5) is 17.7. The second-order valence-corrected chi connectivity index (χ2v) is 7.52. The van der Waals surface area contributed by atoms with Gasteiger partial charge in [-0.05, 0) is 38.5 Å². The molecule has 0 spiro atoms. The van der Waals surface area contributed by atoms with Crippen molar-refractivity contribution >= 4 is 12.1 Å². The zero-order valence-corrected chi connectivity index (χ0v) is 17.3. The lowest BCUT2D eigenvalue weighted by atomic mass is 10.1. The number of benzene rings is 1. The van der Waals surface area contributed by atoms with Gasteiger partial charge in [0.15, 0.2) is 17.5 Å². The number of carbonyl (C=O) groups excluding carboxylic acids is 1. The molecular weight excluding hydrogens is 386 g/mol. The highest BCUT2D eigenvalue weighted by Crippen LogP contribution is 2.29. The van der Waals surface area contributed by atoms with Crippen LogP contribution in [-0.4, -0.2) is 62.5 Å². The van der Waals surface area contributed by atoms with E-state index in [0.29, 0.717) is 31.2 Å². The van der Waals surface area contributed by atoms with Crippen LogP contribution in [-0.2, 0) is 11.3 Å². The minimum atomic E-state index is -2.94. The molecule has 1 amide bonds. The quantitative estimate of drug-likeness (QED) is 0.550. The van der Waals surface area contributed by atoms with Gasteiger partial charge >= 0.3 is 12.7 Å². The molecule has 1 fully saturated rings. The molecule has 1 aromatic rings. The van der Waals surface area contributed by atoms with Crippen LogP contribution in [0.4, 0.5) is 13.6 Å². The molecule has 0 saturated carbocycles. The maximum absolute atomic E-state index is 12.5. The Morgan fingerprint density at radius 2 is 2.00 bits per heavy atom. The molecule has 0 bridgehead atoms. The number of guanidine groups is 1. The summed E-state index contributed by atoms with van der Waals surface area (Å²) < 4.78 is 39.9. The summed E-state index contributed by atoms with van der Waals surface area (Å²) in [6.45, 7) is 3.88. The third-order valence-corrected chi connectivity index (χ3v) is 4.00. The number of likely N-dealkylation sites (tertiary alicyclic amines) is 1. The zero-order chi connectivity index (χ0) is 21.6. The molecule has 10 heteroatoms. The number of nitrogens with zero attached hydrogens (tertiary/aromatic N) is 2. The molecule has 1 aromatic carbocycles. The summed E-state index contributed by atoms with van der Waals surface area (Å²) in [5.74, 6) is 0.732. The van der Waals surface area contributed by atoms with E-state index in [1.165, 1.54) is 13.2 Å². The number of methoxy groups -OCH3 is 1. The average molecular weight is 414 g/mol. The fraction of sp³-hybridized carbons (Fsp3) is 0.579. The van der Waals surface area contributed by atoms with Gasteiger partial charge in [-0.25, -0.2) is 4.79 Å². The number of amides is 1. The molecule has 0 unspecified atom stereocenters. The Hall–Kier alpha value is -2.78. The van der Waals surface area contributed by atoms with Gasteiger partial charge in [-0.15, -0.1) is 0 Å². The number of ether oxygens (including phenoxy) is 3. The fourth-order valence-corrected chi connectivity index (χ4v) is 2.64. The molecular formula is C19H28F2N4O4. The standard InChI is InChI=1S/C19H28F2N4O4/c1-19(2,3)29-18(26)25-10-13(11-25)24-17(22-4)23-9-12-6-7-14(27-5)15(8-12)28-16(20)21/h6-8,13,16H,9-11H2,1-5H3,(H2,22,23,24). The van der Waals surface area contributed by atoms with Crippen LogP contribution in [0.15, 0.2) is 23.2 Å². The summed E-state index contributed by atoms with van der Waals surface area (Å²) in [5.41, 5.74) is 0.187. The molecule has 2 N–H and O–H groups in total. The Morgan fingerprint density at radius 1 is 1.31 bits per heavy atom. The van der Waals surface area contributed by atoms with Crippen LogP contribution in [0, 0.1) is 0 Å². The summed E-state index contributed by atoms with van der Waals surface area (Å²) in [6, 6.07) is 4.83. The molecule has 162 valence electrons. The molecule has 0 radical (unpaired) electrons. The number of carbonyl (C=O) groups is 1. The molecule has 1 aliphatic heterocycles. The highest BCUT2D eigenvalue weighted by Gasteiger charge is 2.34. The van der Waals surface area contributed by atoms with Crippen LogP contribution in [0.25, 0.3) is 0 Å². The molecule has 8 nitrogen and oxygen atoms in total. The van der Waals surface area contributed by atoms with E-state index >= 15 is 0 Å². The van der Waals surface area contributed by atoms with Crippen molar-refractivity contribution in [3.05, 3.63) is 23.8 Å². The Balaban J connectivity index is 1.84. The van der Waals surface area contributed by atoms with Gasteiger partial charge in [0.25, 0.3) is 0 Å². The number of rotatable bonds is 6. The van der Waals surface area contributed by atoms with E-state index in [9.17, 15) is 13.6 Å². The Morgan fingerprint density at radius 3 is 2.55 bits per heavy atom. The number of hydrogen-bond donors (Lipinski definition) is 2. The van der Waals surface area contributed by atoms with E-state index in [4.69, 9.17) is 9.47 Å². The predicted octanol–water partition coefficient (Wildman–Crippen LogP) is 2.58. The lowest BCUT2D eigenvalue weighted by Crippen LogP contribution is -2.63. The lowest BCUT2D eigenvalue weighted by Gasteiger charge is -2.40. The first-order valence-corrected chi connectivity index (χ1v) is 9.18. The van der Waals surface area contributed by atoms with Gasteiger partial charge in [-0.1, -0.05) is 6.07 Å². The minimum absolute atomic E-state index is 0.0308. The van der Waals surface area contributed by atoms with Gasteiger partial charge in [-0.3, -0.25) is 4.99 Å². The third kappa shape index (κ3) is 6.95. The van der Waals surface area contributed by atoms with Crippen molar-refractivity contribution in [1.29, 1.82) is 0 Å². The van der Waals surface area contributed by atoms with Crippen molar-refractivity contribution in [2.45, 2.75) is 45.6 Å². The smallest absolute Gasteiger partial charge is 0.410 e. The molecule has 0 aliphatic carbocycles. The van der Waals surface area contributed by atoms with E-state index in [1.807, 2.05) is 20.8 Å². The maximum atomic E-state index is 12.5. The van der Waals surface area contributed by atoms with Crippen LogP contribution >= 0.6 is 0 Å². The van der Waals surface area contributed by atoms with Crippen LogP contribution in [0.3, 0.4) is 0 Å². The van der Waals surface area contributed by atoms with Crippen LogP contribution < -0.4 is 20.1 Å². The van der Waals surface area contributed by atoms with Crippen molar-refractivity contribution in [1.82, 2.24) is 15.5 Å². The molecule has 1 saturated heterocycles. The van der Waals surface area contributed by atoms with E-state index in [0.717, 1.165) is 0 Å². The van der Waals surface area contributed by atoms with Crippen molar-refractivity contribution < 1.29 is 27.8 Å². The summed E-state index contributed by atoms with van der Waals surface area (Å²) in [5, 5.41) is 6.31. The van der Waals surface area contributed by atoms with Gasteiger partial charge in [0.1, 0.15) is 5.60 Å². The molecule has 2 rings (SSSR count). The third-order valence-electron chi connectivity index (χ3n) is 4.00. The predicted molar refractivity (Wildman–Crippen MR) is 105 cm³/mol. The van der Waals surface area contributed by atoms with Gasteiger partial charge in [-0.2, -0.15) is 8.78 Å².